The molecule has 2 N–H and O–H groups in total. The molecule has 0 fully saturated rings. The molecule has 0 spiro atoms. The number of aliphatic hydroxyl groups excluding tert-OH is 1. The molecular formula is C11H21F2NO2. The normalized spacial score (nSPS) is 11.5. The highest BCUT2D eigenvalue weighted by Gasteiger charge is 2.27. The van der Waals surface area contributed by atoms with E-state index in [1.807, 2.05) is 0 Å². The summed E-state index contributed by atoms with van der Waals surface area (Å²) in [6.07, 6.45) is 5.33. The van der Waals surface area contributed by atoms with Gasteiger partial charge in [0.1, 0.15) is 6.61 Å². The minimum absolute atomic E-state index is 0.283. The highest BCUT2D eigenvalue weighted by atomic mass is 19.3. The second kappa shape index (κ2) is 8.44. The second-order valence-electron chi connectivity index (χ2n) is 3.96. The number of rotatable bonds is 9. The summed E-state index contributed by atoms with van der Waals surface area (Å²) in [7, 11) is 0. The van der Waals surface area contributed by atoms with Crippen LogP contribution in [0.25, 0.3) is 0 Å². The lowest BCUT2D eigenvalue weighted by atomic mass is 10.1. The van der Waals surface area contributed by atoms with Gasteiger partial charge in [0.15, 0.2) is 0 Å². The van der Waals surface area contributed by atoms with Crippen molar-refractivity contribution in [2.45, 2.75) is 51.4 Å². The Labute approximate surface area is 95.2 Å². The van der Waals surface area contributed by atoms with Crippen molar-refractivity contribution in [3.8, 4) is 0 Å². The van der Waals surface area contributed by atoms with Crippen LogP contribution in [0.5, 0.6) is 0 Å². The predicted molar refractivity (Wildman–Crippen MR) is 58.4 cm³/mol. The molecule has 0 rings (SSSR count). The van der Waals surface area contributed by atoms with Crippen LogP contribution >= 0.6 is 0 Å². The third-order valence-corrected chi connectivity index (χ3v) is 2.28. The Morgan fingerprint density at radius 3 is 2.44 bits per heavy atom. The summed E-state index contributed by atoms with van der Waals surface area (Å²) < 4.78 is 25.1. The van der Waals surface area contributed by atoms with Crippen LogP contribution in [0, 0.1) is 0 Å². The lowest BCUT2D eigenvalue weighted by Crippen LogP contribution is -2.38. The third kappa shape index (κ3) is 8.59. The molecule has 0 atom stereocenters. The van der Waals surface area contributed by atoms with Crippen LogP contribution in [0.3, 0.4) is 0 Å². The lowest BCUT2D eigenvalue weighted by Gasteiger charge is -2.13. The molecule has 0 aromatic rings. The quantitative estimate of drug-likeness (QED) is 0.603. The molecule has 0 aliphatic rings. The van der Waals surface area contributed by atoms with E-state index in [9.17, 15) is 13.6 Å². The third-order valence-electron chi connectivity index (χ3n) is 2.28. The first-order valence-electron chi connectivity index (χ1n) is 5.77. The van der Waals surface area contributed by atoms with Gasteiger partial charge in [0.05, 0.1) is 6.54 Å². The molecule has 0 radical (unpaired) electrons. The Morgan fingerprint density at radius 1 is 1.25 bits per heavy atom. The number of carbonyl (C=O) groups excluding carboxylic acids is 1. The van der Waals surface area contributed by atoms with Crippen LogP contribution in [0.4, 0.5) is 8.78 Å². The minimum atomic E-state index is -3.21. The Morgan fingerprint density at radius 2 is 1.88 bits per heavy atom. The van der Waals surface area contributed by atoms with E-state index < -0.39 is 19.1 Å². The maximum Gasteiger partial charge on any atom is 0.287 e. The highest BCUT2D eigenvalue weighted by Crippen LogP contribution is 2.10. The largest absolute Gasteiger partial charge is 0.390 e. The van der Waals surface area contributed by atoms with E-state index in [0.29, 0.717) is 0 Å². The van der Waals surface area contributed by atoms with Crippen LogP contribution in [0.2, 0.25) is 0 Å². The van der Waals surface area contributed by atoms with Gasteiger partial charge in [0.2, 0.25) is 5.91 Å². The minimum Gasteiger partial charge on any atom is -0.390 e. The molecule has 0 saturated heterocycles. The summed E-state index contributed by atoms with van der Waals surface area (Å²) in [5.41, 5.74) is 0. The average molecular weight is 237 g/mol. The number of hydrogen-bond acceptors (Lipinski definition) is 2. The fourth-order valence-electron chi connectivity index (χ4n) is 1.26. The second-order valence-corrected chi connectivity index (χ2v) is 3.96. The summed E-state index contributed by atoms with van der Waals surface area (Å²) in [5.74, 6) is -3.58. The molecule has 1 amide bonds. The number of aliphatic hydroxyl groups is 1. The van der Waals surface area contributed by atoms with Gasteiger partial charge in [-0.15, -0.1) is 0 Å². The van der Waals surface area contributed by atoms with Crippen LogP contribution in [-0.2, 0) is 4.79 Å². The van der Waals surface area contributed by atoms with Gasteiger partial charge in [-0.25, -0.2) is 8.78 Å². The number of hydrogen-bond donors (Lipinski definition) is 2. The zero-order valence-electron chi connectivity index (χ0n) is 9.77. The highest BCUT2D eigenvalue weighted by molar-refractivity contribution is 5.75. The molecule has 0 aromatic carbocycles. The van der Waals surface area contributed by atoms with Crippen molar-refractivity contribution in [2.24, 2.45) is 0 Å². The van der Waals surface area contributed by atoms with Crippen LogP contribution in [0.15, 0.2) is 0 Å². The Balaban J connectivity index is 3.45. The van der Waals surface area contributed by atoms with Gasteiger partial charge in [-0.2, -0.15) is 0 Å². The fraction of sp³-hybridized carbons (Fsp3) is 0.909. The van der Waals surface area contributed by atoms with Crippen molar-refractivity contribution in [3.05, 3.63) is 0 Å². The number of alkyl halides is 2. The number of halogens is 2. The van der Waals surface area contributed by atoms with E-state index in [-0.39, 0.29) is 12.3 Å². The number of unbranched alkanes of at least 4 members (excludes halogenated alkanes) is 4. The first-order valence-corrected chi connectivity index (χ1v) is 5.77. The molecule has 0 bridgehead atoms. The number of nitrogens with one attached hydrogen (secondary N) is 1. The molecule has 96 valence electrons. The van der Waals surface area contributed by atoms with Gasteiger partial charge in [0, 0.05) is 6.42 Å². The maximum absolute atomic E-state index is 12.5. The standard InChI is InChI=1S/C11H21F2NO2/c1-2-3-4-5-6-7-10(16)14-8-11(12,13)9-15/h15H,2-9H2,1H3,(H,14,16). The number of carbonyl (C=O) groups is 1. The molecule has 5 heteroatoms. The van der Waals surface area contributed by atoms with Gasteiger partial charge in [-0.3, -0.25) is 4.79 Å². The average Bonchev–Trinajstić information content (AvgIpc) is 2.26. The predicted octanol–water partition coefficient (Wildman–Crippen LogP) is 2.09. The summed E-state index contributed by atoms with van der Waals surface area (Å²) in [6.45, 7) is 0.0881. The van der Waals surface area contributed by atoms with Gasteiger partial charge in [-0.1, -0.05) is 32.6 Å². The zero-order valence-corrected chi connectivity index (χ0v) is 9.77. The van der Waals surface area contributed by atoms with Gasteiger partial charge in [0.25, 0.3) is 5.92 Å². The monoisotopic (exact) mass is 237 g/mol. The van der Waals surface area contributed by atoms with E-state index in [1.165, 1.54) is 0 Å². The van der Waals surface area contributed by atoms with Crippen LogP contribution in [0.1, 0.15) is 45.4 Å². The van der Waals surface area contributed by atoms with Crippen molar-refractivity contribution in [1.82, 2.24) is 5.32 Å². The molecule has 0 aliphatic heterocycles. The molecule has 3 nitrogen and oxygen atoms in total. The fourth-order valence-corrected chi connectivity index (χ4v) is 1.26. The van der Waals surface area contributed by atoms with E-state index >= 15 is 0 Å². The summed E-state index contributed by atoms with van der Waals surface area (Å²) in [4.78, 5) is 11.1. The van der Waals surface area contributed by atoms with Crippen molar-refractivity contribution in [2.75, 3.05) is 13.2 Å². The molecular weight excluding hydrogens is 216 g/mol. The van der Waals surface area contributed by atoms with E-state index in [2.05, 4.69) is 12.2 Å². The van der Waals surface area contributed by atoms with Gasteiger partial charge >= 0.3 is 0 Å². The summed E-state index contributed by atoms with van der Waals surface area (Å²) in [6, 6.07) is 0. The van der Waals surface area contributed by atoms with Crippen LogP contribution in [-0.4, -0.2) is 30.1 Å². The molecule has 0 saturated carbocycles. The van der Waals surface area contributed by atoms with E-state index in [4.69, 9.17) is 5.11 Å². The van der Waals surface area contributed by atoms with Gasteiger partial charge in [-0.05, 0) is 6.42 Å². The van der Waals surface area contributed by atoms with Gasteiger partial charge < -0.3 is 10.4 Å². The lowest BCUT2D eigenvalue weighted by molar-refractivity contribution is -0.124. The number of amides is 1. The Kier molecular flexibility index (Phi) is 8.07. The van der Waals surface area contributed by atoms with Crippen molar-refractivity contribution in [1.29, 1.82) is 0 Å². The summed E-state index contributed by atoms with van der Waals surface area (Å²) >= 11 is 0. The van der Waals surface area contributed by atoms with E-state index in [1.54, 1.807) is 0 Å². The SMILES string of the molecule is CCCCCCCC(=O)NCC(F)(F)CO. The first-order chi connectivity index (χ1) is 7.52. The molecule has 0 aromatic heterocycles. The Hall–Kier alpha value is -0.710. The molecule has 16 heavy (non-hydrogen) atoms. The van der Waals surface area contributed by atoms with Crippen molar-refractivity contribution in [3.63, 3.8) is 0 Å². The molecule has 0 aliphatic carbocycles. The maximum atomic E-state index is 12.5. The molecule has 0 unspecified atom stereocenters. The smallest absolute Gasteiger partial charge is 0.287 e. The van der Waals surface area contributed by atoms with Crippen molar-refractivity contribution < 1.29 is 18.7 Å². The summed E-state index contributed by atoms with van der Waals surface area (Å²) in [5, 5.41) is 10.4. The first kappa shape index (κ1) is 15.3. The Bertz CT molecular complexity index is 198. The molecule has 0 heterocycles. The van der Waals surface area contributed by atoms with Crippen molar-refractivity contribution >= 4 is 5.91 Å². The zero-order chi connectivity index (χ0) is 12.4. The van der Waals surface area contributed by atoms with Crippen LogP contribution < -0.4 is 5.32 Å². The van der Waals surface area contributed by atoms with E-state index in [0.717, 1.165) is 32.1 Å². The topological polar surface area (TPSA) is 49.3 Å².